The maximum absolute atomic E-state index is 11.1. The summed E-state index contributed by atoms with van der Waals surface area (Å²) < 4.78 is 22.4. The number of rotatable bonds is 7. The largest absolute Gasteiger partial charge is 0.368 e. The zero-order valence-corrected chi connectivity index (χ0v) is 12.7. The van der Waals surface area contributed by atoms with Crippen LogP contribution >= 0.6 is 0 Å². The van der Waals surface area contributed by atoms with Crippen LogP contribution in [-0.2, 0) is 30.3 Å². The van der Waals surface area contributed by atoms with Crippen molar-refractivity contribution in [2.24, 2.45) is 0 Å². The molecule has 116 valence electrons. The van der Waals surface area contributed by atoms with Gasteiger partial charge in [0.05, 0.1) is 13.2 Å². The van der Waals surface area contributed by atoms with Crippen molar-refractivity contribution in [2.75, 3.05) is 13.7 Å². The molecule has 1 heterocycles. The second-order valence-corrected chi connectivity index (χ2v) is 5.46. The summed E-state index contributed by atoms with van der Waals surface area (Å²) in [5, 5.41) is 0. The standard InChI is InChI=1S/C16H22O5/c1-16(2,18-3)21-14-11-19-13(9-17)15(14)20-10-12-7-5-4-6-8-12/h4-9,13-15H,10-11H2,1-3H3/t13-,14+,15+/m1/s1. The summed E-state index contributed by atoms with van der Waals surface area (Å²) in [6, 6.07) is 9.79. The lowest BCUT2D eigenvalue weighted by molar-refractivity contribution is -0.238. The molecule has 1 aromatic carbocycles. The molecule has 1 aliphatic rings. The minimum atomic E-state index is -0.750. The fourth-order valence-corrected chi connectivity index (χ4v) is 2.21. The van der Waals surface area contributed by atoms with Gasteiger partial charge in [0, 0.05) is 7.11 Å². The highest BCUT2D eigenvalue weighted by Crippen LogP contribution is 2.25. The molecule has 0 spiro atoms. The van der Waals surface area contributed by atoms with E-state index in [9.17, 15) is 4.79 Å². The number of hydrogen-bond donors (Lipinski definition) is 0. The fourth-order valence-electron chi connectivity index (χ4n) is 2.21. The molecule has 1 fully saturated rings. The third kappa shape index (κ3) is 4.35. The van der Waals surface area contributed by atoms with Gasteiger partial charge in [-0.05, 0) is 19.4 Å². The lowest BCUT2D eigenvalue weighted by atomic mass is 10.1. The van der Waals surface area contributed by atoms with Gasteiger partial charge in [-0.1, -0.05) is 30.3 Å². The third-order valence-corrected chi connectivity index (χ3v) is 3.49. The van der Waals surface area contributed by atoms with Gasteiger partial charge in [0.15, 0.2) is 12.1 Å². The molecule has 0 aromatic heterocycles. The zero-order chi connectivity index (χ0) is 15.3. The van der Waals surface area contributed by atoms with Gasteiger partial charge in [0.2, 0.25) is 0 Å². The number of carbonyl (C=O) groups excluding carboxylic acids is 1. The topological polar surface area (TPSA) is 54.0 Å². The Bertz CT molecular complexity index is 445. The van der Waals surface area contributed by atoms with Crippen LogP contribution in [0.4, 0.5) is 0 Å². The van der Waals surface area contributed by atoms with E-state index in [0.717, 1.165) is 11.8 Å². The van der Waals surface area contributed by atoms with E-state index in [0.29, 0.717) is 13.2 Å². The Labute approximate surface area is 125 Å². The molecular weight excluding hydrogens is 272 g/mol. The van der Waals surface area contributed by atoms with Crippen molar-refractivity contribution >= 4 is 6.29 Å². The summed E-state index contributed by atoms with van der Waals surface area (Å²) in [7, 11) is 1.58. The highest BCUT2D eigenvalue weighted by molar-refractivity contribution is 5.58. The number of aldehydes is 1. The summed E-state index contributed by atoms with van der Waals surface area (Å²) in [5.74, 6) is -0.750. The molecule has 1 aromatic rings. The fraction of sp³-hybridized carbons (Fsp3) is 0.562. The van der Waals surface area contributed by atoms with Crippen molar-refractivity contribution in [3.63, 3.8) is 0 Å². The van der Waals surface area contributed by atoms with Crippen molar-refractivity contribution in [3.8, 4) is 0 Å². The molecule has 0 aliphatic carbocycles. The highest BCUT2D eigenvalue weighted by atomic mass is 16.7. The van der Waals surface area contributed by atoms with Crippen molar-refractivity contribution in [3.05, 3.63) is 35.9 Å². The number of benzene rings is 1. The van der Waals surface area contributed by atoms with Gasteiger partial charge in [0.1, 0.15) is 18.3 Å². The molecule has 0 N–H and O–H groups in total. The van der Waals surface area contributed by atoms with E-state index in [1.54, 1.807) is 7.11 Å². The van der Waals surface area contributed by atoms with E-state index in [-0.39, 0.29) is 6.10 Å². The van der Waals surface area contributed by atoms with Crippen LogP contribution in [0.2, 0.25) is 0 Å². The molecule has 0 bridgehead atoms. The Kier molecular flexibility index (Phi) is 5.47. The Morgan fingerprint density at radius 2 is 2.05 bits per heavy atom. The Morgan fingerprint density at radius 3 is 2.67 bits per heavy atom. The molecule has 0 amide bonds. The predicted octanol–water partition coefficient (Wildman–Crippen LogP) is 1.94. The maximum atomic E-state index is 11.1. The van der Waals surface area contributed by atoms with Gasteiger partial charge < -0.3 is 23.7 Å². The molecule has 0 radical (unpaired) electrons. The minimum absolute atomic E-state index is 0.315. The van der Waals surface area contributed by atoms with Gasteiger partial charge >= 0.3 is 0 Å². The summed E-state index contributed by atoms with van der Waals surface area (Å²) in [6.07, 6.45) is -0.610. The molecule has 0 saturated carbocycles. The van der Waals surface area contributed by atoms with Crippen molar-refractivity contribution in [2.45, 2.75) is 44.6 Å². The van der Waals surface area contributed by atoms with Gasteiger partial charge in [-0.2, -0.15) is 0 Å². The molecule has 1 aliphatic heterocycles. The van der Waals surface area contributed by atoms with Crippen LogP contribution in [0.1, 0.15) is 19.4 Å². The molecule has 2 rings (SSSR count). The summed E-state index contributed by atoms with van der Waals surface area (Å²) in [5.41, 5.74) is 1.04. The molecule has 3 atom stereocenters. The maximum Gasteiger partial charge on any atom is 0.162 e. The van der Waals surface area contributed by atoms with Gasteiger partial charge in [-0.25, -0.2) is 0 Å². The molecule has 5 heteroatoms. The average molecular weight is 294 g/mol. The van der Waals surface area contributed by atoms with Gasteiger partial charge in [-0.3, -0.25) is 0 Å². The first kappa shape index (κ1) is 16.1. The Hall–Kier alpha value is -1.27. The molecule has 1 saturated heterocycles. The van der Waals surface area contributed by atoms with Gasteiger partial charge in [0.25, 0.3) is 0 Å². The molecule has 5 nitrogen and oxygen atoms in total. The predicted molar refractivity (Wildman–Crippen MR) is 76.8 cm³/mol. The summed E-state index contributed by atoms with van der Waals surface area (Å²) in [6.45, 7) is 4.35. The number of carbonyl (C=O) groups is 1. The summed E-state index contributed by atoms with van der Waals surface area (Å²) >= 11 is 0. The van der Waals surface area contributed by atoms with Crippen LogP contribution in [0.15, 0.2) is 30.3 Å². The normalized spacial score (nSPS) is 26.0. The van der Waals surface area contributed by atoms with E-state index >= 15 is 0 Å². The minimum Gasteiger partial charge on any atom is -0.368 e. The number of hydrogen-bond acceptors (Lipinski definition) is 5. The molecule has 0 unspecified atom stereocenters. The van der Waals surface area contributed by atoms with Crippen LogP contribution in [0.25, 0.3) is 0 Å². The summed E-state index contributed by atoms with van der Waals surface area (Å²) in [4.78, 5) is 11.1. The first-order chi connectivity index (χ1) is 10.1. The lowest BCUT2D eigenvalue weighted by Crippen LogP contribution is -2.41. The van der Waals surface area contributed by atoms with Gasteiger partial charge in [-0.15, -0.1) is 0 Å². The molecule has 21 heavy (non-hydrogen) atoms. The van der Waals surface area contributed by atoms with Crippen LogP contribution in [0.5, 0.6) is 0 Å². The number of ether oxygens (including phenoxy) is 4. The van der Waals surface area contributed by atoms with Crippen molar-refractivity contribution < 1.29 is 23.7 Å². The van der Waals surface area contributed by atoms with Crippen LogP contribution in [0.3, 0.4) is 0 Å². The second-order valence-electron chi connectivity index (χ2n) is 5.46. The monoisotopic (exact) mass is 294 g/mol. The smallest absolute Gasteiger partial charge is 0.162 e. The van der Waals surface area contributed by atoms with Crippen LogP contribution in [0, 0.1) is 0 Å². The van der Waals surface area contributed by atoms with E-state index in [4.69, 9.17) is 18.9 Å². The third-order valence-electron chi connectivity index (χ3n) is 3.49. The zero-order valence-electron chi connectivity index (χ0n) is 12.7. The lowest BCUT2D eigenvalue weighted by Gasteiger charge is -2.30. The SMILES string of the molecule is COC(C)(C)O[C@H]1CO[C@H](C=O)[C@@H]1OCc1ccccc1. The van der Waals surface area contributed by atoms with Crippen LogP contribution in [-0.4, -0.2) is 44.1 Å². The van der Waals surface area contributed by atoms with E-state index in [1.807, 2.05) is 44.2 Å². The molecular formula is C16H22O5. The van der Waals surface area contributed by atoms with E-state index in [2.05, 4.69) is 0 Å². The second kappa shape index (κ2) is 7.13. The first-order valence-corrected chi connectivity index (χ1v) is 7.01. The average Bonchev–Trinajstić information content (AvgIpc) is 2.87. The first-order valence-electron chi connectivity index (χ1n) is 7.01. The van der Waals surface area contributed by atoms with E-state index in [1.165, 1.54) is 0 Å². The Morgan fingerprint density at radius 1 is 1.33 bits per heavy atom. The van der Waals surface area contributed by atoms with Crippen molar-refractivity contribution in [1.29, 1.82) is 0 Å². The van der Waals surface area contributed by atoms with Crippen LogP contribution < -0.4 is 0 Å². The van der Waals surface area contributed by atoms with Crippen molar-refractivity contribution in [1.82, 2.24) is 0 Å². The van der Waals surface area contributed by atoms with E-state index < -0.39 is 18.0 Å². The quantitative estimate of drug-likeness (QED) is 0.568. The highest BCUT2D eigenvalue weighted by Gasteiger charge is 2.41. The number of methoxy groups -OCH3 is 1. The Balaban J connectivity index is 1.99.